The lowest BCUT2D eigenvalue weighted by atomic mass is 9.92. The standard InChI is InChI=1S/C25H35N7O4/c1-16-13-31(17(2)12-30(16)15-25(35)7-10-36-11-8-25)24(34)32-14-19-21(18(32)3)28-29-22(19)27-23(33)20-6-4-5-9-26-20/h4-6,9,16-18,35H,7-8,10-15H2,1-3H3,(H2,27,28,29,33)/t16?,17-,18?/m0/s1. The molecular weight excluding hydrogens is 462 g/mol. The SMILES string of the molecule is CC1CN(C(=O)N2Cc3c(NC(=O)c4ccccn4)n[nH]c3C2C)[C@@H](C)CN1CC1(O)CCOCC1. The number of nitrogens with zero attached hydrogens (tertiary/aromatic N) is 5. The van der Waals surface area contributed by atoms with E-state index in [0.717, 1.165) is 11.3 Å². The van der Waals surface area contributed by atoms with Gasteiger partial charge in [0.2, 0.25) is 0 Å². The topological polar surface area (TPSA) is 127 Å². The van der Waals surface area contributed by atoms with E-state index in [0.29, 0.717) is 63.7 Å². The number of piperazine rings is 1. The highest BCUT2D eigenvalue weighted by molar-refractivity contribution is 6.02. The number of fused-ring (bicyclic) bond motifs is 1. The first-order valence-corrected chi connectivity index (χ1v) is 12.7. The fourth-order valence-electron chi connectivity index (χ4n) is 5.49. The third-order valence-corrected chi connectivity index (χ3v) is 7.77. The van der Waals surface area contributed by atoms with Crippen molar-refractivity contribution in [2.45, 2.75) is 63.9 Å². The van der Waals surface area contributed by atoms with E-state index in [1.54, 1.807) is 24.4 Å². The Balaban J connectivity index is 1.24. The van der Waals surface area contributed by atoms with Crippen LogP contribution in [0.3, 0.4) is 0 Å². The lowest BCUT2D eigenvalue weighted by Gasteiger charge is -2.48. The molecule has 2 unspecified atom stereocenters. The average Bonchev–Trinajstić information content (AvgIpc) is 3.41. The minimum atomic E-state index is -0.728. The van der Waals surface area contributed by atoms with Crippen LogP contribution in [0.5, 0.6) is 0 Å². The zero-order valence-corrected chi connectivity index (χ0v) is 21.1. The number of aromatic amines is 1. The molecule has 5 heterocycles. The van der Waals surface area contributed by atoms with Crippen LogP contribution in [0, 0.1) is 0 Å². The molecule has 11 heteroatoms. The summed E-state index contributed by atoms with van der Waals surface area (Å²) >= 11 is 0. The molecule has 0 spiro atoms. The number of hydrogen-bond donors (Lipinski definition) is 3. The molecule has 0 radical (unpaired) electrons. The van der Waals surface area contributed by atoms with Crippen LogP contribution in [0.25, 0.3) is 0 Å². The number of hydrogen-bond acceptors (Lipinski definition) is 7. The van der Waals surface area contributed by atoms with E-state index >= 15 is 0 Å². The molecule has 11 nitrogen and oxygen atoms in total. The first kappa shape index (κ1) is 24.7. The minimum absolute atomic E-state index is 0.00438. The van der Waals surface area contributed by atoms with Gasteiger partial charge in [0.25, 0.3) is 5.91 Å². The summed E-state index contributed by atoms with van der Waals surface area (Å²) in [6, 6.07) is 5.06. The zero-order valence-electron chi connectivity index (χ0n) is 21.1. The van der Waals surface area contributed by atoms with Crippen molar-refractivity contribution in [1.82, 2.24) is 29.9 Å². The van der Waals surface area contributed by atoms with Gasteiger partial charge in [0.15, 0.2) is 5.82 Å². The second-order valence-electron chi connectivity index (χ2n) is 10.3. The van der Waals surface area contributed by atoms with Gasteiger partial charge in [0.05, 0.1) is 23.9 Å². The number of amides is 3. The van der Waals surface area contributed by atoms with Gasteiger partial charge in [0, 0.05) is 69.5 Å². The predicted molar refractivity (Wildman–Crippen MR) is 132 cm³/mol. The number of aromatic nitrogens is 3. The number of nitrogens with one attached hydrogen (secondary N) is 2. The third kappa shape index (κ3) is 4.70. The summed E-state index contributed by atoms with van der Waals surface area (Å²) in [6.07, 6.45) is 2.85. The maximum Gasteiger partial charge on any atom is 0.321 e. The Morgan fingerprint density at radius 3 is 2.67 bits per heavy atom. The second-order valence-corrected chi connectivity index (χ2v) is 10.3. The Morgan fingerprint density at radius 2 is 1.94 bits per heavy atom. The molecule has 0 aliphatic carbocycles. The summed E-state index contributed by atoms with van der Waals surface area (Å²) in [7, 11) is 0. The molecule has 3 aliphatic rings. The van der Waals surface area contributed by atoms with E-state index in [-0.39, 0.29) is 30.1 Å². The number of rotatable bonds is 4. The number of pyridine rings is 1. The predicted octanol–water partition coefficient (Wildman–Crippen LogP) is 1.99. The van der Waals surface area contributed by atoms with Crippen molar-refractivity contribution in [3.8, 4) is 0 Å². The number of ether oxygens (including phenoxy) is 1. The van der Waals surface area contributed by atoms with Gasteiger partial charge < -0.3 is 25.0 Å². The largest absolute Gasteiger partial charge is 0.388 e. The Bertz CT molecular complexity index is 1100. The van der Waals surface area contributed by atoms with Gasteiger partial charge in [-0.3, -0.25) is 19.8 Å². The van der Waals surface area contributed by atoms with Gasteiger partial charge in [-0.05, 0) is 32.9 Å². The molecule has 5 rings (SSSR count). The van der Waals surface area contributed by atoms with Crippen LogP contribution >= 0.6 is 0 Å². The first-order valence-electron chi connectivity index (χ1n) is 12.7. The molecule has 3 aliphatic heterocycles. The molecule has 2 saturated heterocycles. The third-order valence-electron chi connectivity index (χ3n) is 7.77. The summed E-state index contributed by atoms with van der Waals surface area (Å²) in [4.78, 5) is 36.4. The van der Waals surface area contributed by atoms with Crippen molar-refractivity contribution in [3.63, 3.8) is 0 Å². The maximum atomic E-state index is 13.7. The van der Waals surface area contributed by atoms with Crippen LogP contribution in [0.4, 0.5) is 10.6 Å². The van der Waals surface area contributed by atoms with E-state index in [2.05, 4.69) is 39.2 Å². The highest BCUT2D eigenvalue weighted by atomic mass is 16.5. The molecule has 3 atom stereocenters. The Labute approximate surface area is 210 Å². The normalized spacial score (nSPS) is 26.1. The van der Waals surface area contributed by atoms with Gasteiger partial charge in [0.1, 0.15) is 5.69 Å². The number of carbonyl (C=O) groups is 2. The Kier molecular flexibility index (Phi) is 6.71. The maximum absolute atomic E-state index is 13.7. The van der Waals surface area contributed by atoms with Gasteiger partial charge in [-0.25, -0.2) is 4.79 Å². The average molecular weight is 498 g/mol. The molecular formula is C25H35N7O4. The van der Waals surface area contributed by atoms with Crippen LogP contribution in [0.1, 0.15) is 61.4 Å². The molecule has 36 heavy (non-hydrogen) atoms. The van der Waals surface area contributed by atoms with Crippen LogP contribution in [-0.2, 0) is 11.3 Å². The van der Waals surface area contributed by atoms with Crippen molar-refractivity contribution in [3.05, 3.63) is 41.3 Å². The van der Waals surface area contributed by atoms with E-state index in [1.807, 2.05) is 16.7 Å². The van der Waals surface area contributed by atoms with Crippen LogP contribution in [0.15, 0.2) is 24.4 Å². The molecule has 0 saturated carbocycles. The fourth-order valence-corrected chi connectivity index (χ4v) is 5.49. The summed E-state index contributed by atoms with van der Waals surface area (Å²) < 4.78 is 5.42. The molecule has 2 aromatic rings. The summed E-state index contributed by atoms with van der Waals surface area (Å²) in [5.41, 5.74) is 1.23. The van der Waals surface area contributed by atoms with Gasteiger partial charge in [-0.1, -0.05) is 6.07 Å². The molecule has 2 aromatic heterocycles. The van der Waals surface area contributed by atoms with Crippen molar-refractivity contribution in [2.24, 2.45) is 0 Å². The lowest BCUT2D eigenvalue weighted by Crippen LogP contribution is -2.62. The highest BCUT2D eigenvalue weighted by Gasteiger charge is 2.42. The number of aliphatic hydroxyl groups is 1. The molecule has 2 fully saturated rings. The molecule has 0 aromatic carbocycles. The molecule has 3 amide bonds. The van der Waals surface area contributed by atoms with E-state index < -0.39 is 5.60 Å². The number of carbonyl (C=O) groups excluding carboxylic acids is 2. The van der Waals surface area contributed by atoms with Crippen LogP contribution < -0.4 is 5.32 Å². The molecule has 3 N–H and O–H groups in total. The van der Waals surface area contributed by atoms with Crippen molar-refractivity contribution < 1.29 is 19.4 Å². The molecule has 194 valence electrons. The van der Waals surface area contributed by atoms with Crippen molar-refractivity contribution in [2.75, 3.05) is 38.2 Å². The van der Waals surface area contributed by atoms with E-state index in [9.17, 15) is 14.7 Å². The molecule has 0 bridgehead atoms. The number of anilines is 1. The quantitative estimate of drug-likeness (QED) is 0.590. The van der Waals surface area contributed by atoms with Crippen LogP contribution in [0.2, 0.25) is 0 Å². The number of urea groups is 1. The van der Waals surface area contributed by atoms with Gasteiger partial charge >= 0.3 is 6.03 Å². The first-order chi connectivity index (χ1) is 17.3. The fraction of sp³-hybridized carbons (Fsp3) is 0.600. The van der Waals surface area contributed by atoms with Crippen molar-refractivity contribution >= 4 is 17.8 Å². The zero-order chi connectivity index (χ0) is 25.4. The smallest absolute Gasteiger partial charge is 0.321 e. The summed E-state index contributed by atoms with van der Waals surface area (Å²) in [5, 5.41) is 21.1. The number of H-pyrrole nitrogens is 1. The Hall–Kier alpha value is -3.02. The Morgan fingerprint density at radius 1 is 1.17 bits per heavy atom. The number of β-amino-alcohol motifs (C(OH)–C–C–N with tert-alkyl or cyclic N) is 1. The summed E-state index contributed by atoms with van der Waals surface area (Å²) in [6.45, 7) is 9.57. The van der Waals surface area contributed by atoms with E-state index in [1.165, 1.54) is 0 Å². The summed E-state index contributed by atoms with van der Waals surface area (Å²) in [5.74, 6) is 0.0887. The lowest BCUT2D eigenvalue weighted by molar-refractivity contribution is -0.0932. The van der Waals surface area contributed by atoms with E-state index in [4.69, 9.17) is 4.74 Å². The van der Waals surface area contributed by atoms with Gasteiger partial charge in [-0.15, -0.1) is 0 Å². The van der Waals surface area contributed by atoms with Gasteiger partial charge in [-0.2, -0.15) is 5.10 Å². The second kappa shape index (κ2) is 9.79. The monoisotopic (exact) mass is 497 g/mol. The van der Waals surface area contributed by atoms with Crippen LogP contribution in [-0.4, -0.2) is 97.5 Å². The van der Waals surface area contributed by atoms with Crippen molar-refractivity contribution in [1.29, 1.82) is 0 Å². The minimum Gasteiger partial charge on any atom is -0.388 e. The highest BCUT2D eigenvalue weighted by Crippen LogP contribution is 2.37.